The van der Waals surface area contributed by atoms with Gasteiger partial charge < -0.3 is 9.09 Å². The molecule has 0 bridgehead atoms. The third-order valence-electron chi connectivity index (χ3n) is 2.76. The van der Waals surface area contributed by atoms with Gasteiger partial charge in [0, 0.05) is 22.1 Å². The van der Waals surface area contributed by atoms with Crippen LogP contribution in [0.5, 0.6) is 0 Å². The molecule has 0 fully saturated rings. The van der Waals surface area contributed by atoms with Crippen molar-refractivity contribution in [1.29, 1.82) is 0 Å². The maximum atomic E-state index is 12.3. The first-order valence-electron chi connectivity index (χ1n) is 5.42. The molecule has 2 aromatic heterocycles. The van der Waals surface area contributed by atoms with Crippen molar-refractivity contribution in [3.63, 3.8) is 0 Å². The first-order valence-corrected chi connectivity index (χ1v) is 6.21. The van der Waals surface area contributed by atoms with Gasteiger partial charge in [0.2, 0.25) is 0 Å². The average molecular weight is 305 g/mol. The van der Waals surface area contributed by atoms with Crippen LogP contribution in [-0.4, -0.2) is 9.72 Å². The highest BCUT2D eigenvalue weighted by Crippen LogP contribution is 2.16. The highest BCUT2D eigenvalue weighted by Gasteiger charge is 2.05. The van der Waals surface area contributed by atoms with Crippen molar-refractivity contribution in [3.8, 4) is 0 Å². The van der Waals surface area contributed by atoms with Crippen molar-refractivity contribution < 1.29 is 4.52 Å². The largest absolute Gasteiger partial charge is 0.359 e. The van der Waals surface area contributed by atoms with Gasteiger partial charge in [-0.2, -0.15) is 0 Å². The molecule has 0 unspecified atom stereocenters. The Morgan fingerprint density at radius 3 is 2.94 bits per heavy atom. The molecule has 0 saturated heterocycles. The number of nitrogens with zero attached hydrogens (tertiary/aromatic N) is 2. The Kier molecular flexibility index (Phi) is 2.76. The quantitative estimate of drug-likeness (QED) is 0.731. The Morgan fingerprint density at radius 2 is 2.17 bits per heavy atom. The second-order valence-electron chi connectivity index (χ2n) is 3.96. The Morgan fingerprint density at radius 1 is 1.28 bits per heavy atom. The molecule has 1 aromatic carbocycles. The summed E-state index contributed by atoms with van der Waals surface area (Å²) in [5.74, 6) is 0.661. The van der Waals surface area contributed by atoms with Crippen LogP contribution in [0.3, 0.4) is 0 Å². The molecule has 90 valence electrons. The molecule has 2 heterocycles. The van der Waals surface area contributed by atoms with E-state index in [1.165, 1.54) is 0 Å². The first kappa shape index (κ1) is 11.2. The van der Waals surface area contributed by atoms with Crippen molar-refractivity contribution in [1.82, 2.24) is 9.72 Å². The third kappa shape index (κ3) is 1.97. The van der Waals surface area contributed by atoms with Gasteiger partial charge in [-0.25, -0.2) is 0 Å². The molecule has 0 aliphatic heterocycles. The summed E-state index contributed by atoms with van der Waals surface area (Å²) in [6.07, 6.45) is 3.33. The topological polar surface area (TPSA) is 48.0 Å². The third-order valence-corrected chi connectivity index (χ3v) is 3.25. The fourth-order valence-electron chi connectivity index (χ4n) is 1.88. The minimum absolute atomic E-state index is 0.0311. The molecule has 3 rings (SSSR count). The zero-order chi connectivity index (χ0) is 12.5. The highest BCUT2D eigenvalue weighted by atomic mass is 79.9. The molecule has 0 saturated carbocycles. The van der Waals surface area contributed by atoms with Crippen LogP contribution in [0.1, 0.15) is 5.76 Å². The fourth-order valence-corrected chi connectivity index (χ4v) is 2.25. The van der Waals surface area contributed by atoms with Gasteiger partial charge in [-0.3, -0.25) is 4.79 Å². The van der Waals surface area contributed by atoms with Crippen molar-refractivity contribution in [2.45, 2.75) is 6.54 Å². The van der Waals surface area contributed by atoms with E-state index in [1.54, 1.807) is 23.0 Å². The van der Waals surface area contributed by atoms with E-state index in [-0.39, 0.29) is 5.56 Å². The Balaban J connectivity index is 2.12. The normalized spacial score (nSPS) is 10.9. The standard InChI is InChI=1S/C13H9BrN2O2/c14-10-1-2-12-9(7-10)4-6-16(13(12)17)8-11-3-5-15-18-11/h1-7H,8H2. The van der Waals surface area contributed by atoms with Crippen molar-refractivity contribution >= 4 is 26.7 Å². The van der Waals surface area contributed by atoms with Crippen LogP contribution in [-0.2, 0) is 6.54 Å². The maximum absolute atomic E-state index is 12.3. The van der Waals surface area contributed by atoms with Crippen LogP contribution in [0.25, 0.3) is 10.8 Å². The summed E-state index contributed by atoms with van der Waals surface area (Å²) in [6, 6.07) is 9.27. The number of pyridine rings is 1. The molecule has 0 atom stereocenters. The second-order valence-corrected chi connectivity index (χ2v) is 4.87. The number of rotatable bonds is 2. The van der Waals surface area contributed by atoms with Crippen LogP contribution >= 0.6 is 15.9 Å². The van der Waals surface area contributed by atoms with Gasteiger partial charge in [-0.1, -0.05) is 21.1 Å². The number of fused-ring (bicyclic) bond motifs is 1. The molecular weight excluding hydrogens is 296 g/mol. The zero-order valence-electron chi connectivity index (χ0n) is 9.34. The van der Waals surface area contributed by atoms with E-state index in [2.05, 4.69) is 21.1 Å². The van der Waals surface area contributed by atoms with Crippen LogP contribution < -0.4 is 5.56 Å². The predicted octanol–water partition coefficient (Wildman–Crippen LogP) is 2.80. The lowest BCUT2D eigenvalue weighted by Gasteiger charge is -2.05. The first-order chi connectivity index (χ1) is 8.74. The van der Waals surface area contributed by atoms with Crippen molar-refractivity contribution in [2.24, 2.45) is 0 Å². The monoisotopic (exact) mass is 304 g/mol. The van der Waals surface area contributed by atoms with Crippen LogP contribution in [0.15, 0.2) is 56.5 Å². The van der Waals surface area contributed by atoms with Gasteiger partial charge in [0.1, 0.15) is 0 Å². The Labute approximate surface area is 111 Å². The van der Waals surface area contributed by atoms with Gasteiger partial charge in [0.05, 0.1) is 12.7 Å². The van der Waals surface area contributed by atoms with E-state index in [0.29, 0.717) is 17.7 Å². The number of aromatic nitrogens is 2. The summed E-state index contributed by atoms with van der Waals surface area (Å²) in [6.45, 7) is 0.394. The Bertz CT molecular complexity index is 747. The van der Waals surface area contributed by atoms with Gasteiger partial charge >= 0.3 is 0 Å². The minimum Gasteiger partial charge on any atom is -0.359 e. The number of hydrogen-bond acceptors (Lipinski definition) is 3. The summed E-state index contributed by atoms with van der Waals surface area (Å²) in [7, 11) is 0. The molecule has 0 aliphatic carbocycles. The SMILES string of the molecule is O=c1c2ccc(Br)cc2ccn1Cc1ccno1. The van der Waals surface area contributed by atoms with Crippen molar-refractivity contribution in [2.75, 3.05) is 0 Å². The summed E-state index contributed by atoms with van der Waals surface area (Å²) < 4.78 is 7.57. The summed E-state index contributed by atoms with van der Waals surface area (Å²) in [5.41, 5.74) is -0.0311. The number of halogens is 1. The van der Waals surface area contributed by atoms with E-state index < -0.39 is 0 Å². The van der Waals surface area contributed by atoms with Gasteiger partial charge in [-0.05, 0) is 29.7 Å². The lowest BCUT2D eigenvalue weighted by molar-refractivity contribution is 0.375. The van der Waals surface area contributed by atoms with Gasteiger partial charge in [0.15, 0.2) is 5.76 Å². The maximum Gasteiger partial charge on any atom is 0.258 e. The molecule has 5 heteroatoms. The van der Waals surface area contributed by atoms with Crippen molar-refractivity contribution in [3.05, 3.63) is 63.3 Å². The molecule has 18 heavy (non-hydrogen) atoms. The average Bonchev–Trinajstić information content (AvgIpc) is 2.85. The van der Waals surface area contributed by atoms with E-state index in [0.717, 1.165) is 9.86 Å². The van der Waals surface area contributed by atoms with Crippen LogP contribution in [0, 0.1) is 0 Å². The Hall–Kier alpha value is -1.88. The van der Waals surface area contributed by atoms with E-state index in [1.807, 2.05) is 24.3 Å². The summed E-state index contributed by atoms with van der Waals surface area (Å²) in [4.78, 5) is 12.3. The minimum atomic E-state index is -0.0311. The highest BCUT2D eigenvalue weighted by molar-refractivity contribution is 9.10. The lowest BCUT2D eigenvalue weighted by Crippen LogP contribution is -2.19. The lowest BCUT2D eigenvalue weighted by atomic mass is 10.2. The molecule has 0 amide bonds. The molecule has 0 radical (unpaired) electrons. The molecule has 0 N–H and O–H groups in total. The van der Waals surface area contributed by atoms with Crippen LogP contribution in [0.2, 0.25) is 0 Å². The number of benzene rings is 1. The van der Waals surface area contributed by atoms with E-state index >= 15 is 0 Å². The zero-order valence-corrected chi connectivity index (χ0v) is 10.9. The molecular formula is C13H9BrN2O2. The number of hydrogen-bond donors (Lipinski definition) is 0. The van der Waals surface area contributed by atoms with E-state index in [9.17, 15) is 4.79 Å². The molecule has 4 nitrogen and oxygen atoms in total. The predicted molar refractivity (Wildman–Crippen MR) is 71.5 cm³/mol. The molecule has 0 aliphatic rings. The summed E-state index contributed by atoms with van der Waals surface area (Å²) in [5, 5.41) is 5.24. The summed E-state index contributed by atoms with van der Waals surface area (Å²) >= 11 is 3.39. The van der Waals surface area contributed by atoms with E-state index in [4.69, 9.17) is 4.52 Å². The second kappa shape index (κ2) is 4.42. The van der Waals surface area contributed by atoms with Gasteiger partial charge in [0.25, 0.3) is 5.56 Å². The van der Waals surface area contributed by atoms with Gasteiger partial charge in [-0.15, -0.1) is 0 Å². The smallest absolute Gasteiger partial charge is 0.258 e. The fraction of sp³-hybridized carbons (Fsp3) is 0.0769. The molecule has 3 aromatic rings. The van der Waals surface area contributed by atoms with Crippen LogP contribution in [0.4, 0.5) is 0 Å². The molecule has 0 spiro atoms.